The quantitative estimate of drug-likeness (QED) is 0.515. The van der Waals surface area contributed by atoms with Gasteiger partial charge in [-0.05, 0) is 55.6 Å². The standard InChI is InChI=1S/C25H29N5O3/c1-17-13-28-25(33)30(17)22-9-3-7-20(12-22)24(32)27-14-18-5-2-6-19(11-18)15-29-10-4-8-21(16-29)23(26)31/h2-3,5-7,9,11-13,21H,4,8,10,14-16H2,1H3,(H2,26,31)(H,27,32)(H,28,33). The van der Waals surface area contributed by atoms with Crippen molar-refractivity contribution < 1.29 is 9.59 Å². The number of amides is 2. The number of piperidine rings is 1. The molecule has 1 fully saturated rings. The second kappa shape index (κ2) is 9.87. The van der Waals surface area contributed by atoms with Crippen LogP contribution in [0.25, 0.3) is 5.69 Å². The van der Waals surface area contributed by atoms with E-state index in [0.717, 1.165) is 42.8 Å². The molecular formula is C25H29N5O3. The van der Waals surface area contributed by atoms with Crippen LogP contribution in [0.1, 0.15) is 40.0 Å². The van der Waals surface area contributed by atoms with E-state index in [2.05, 4.69) is 27.3 Å². The molecule has 1 aliphatic heterocycles. The summed E-state index contributed by atoms with van der Waals surface area (Å²) in [6.07, 6.45) is 3.47. The summed E-state index contributed by atoms with van der Waals surface area (Å²) in [5.41, 5.74) is 9.28. The number of carbonyl (C=O) groups excluding carboxylic acids is 2. The second-order valence-electron chi connectivity index (χ2n) is 8.60. The Morgan fingerprint density at radius 3 is 2.70 bits per heavy atom. The first-order valence-corrected chi connectivity index (χ1v) is 11.2. The molecule has 8 nitrogen and oxygen atoms in total. The van der Waals surface area contributed by atoms with E-state index in [-0.39, 0.29) is 23.4 Å². The van der Waals surface area contributed by atoms with Crippen LogP contribution in [0.5, 0.6) is 0 Å². The molecular weight excluding hydrogens is 418 g/mol. The summed E-state index contributed by atoms with van der Waals surface area (Å²) in [7, 11) is 0. The highest BCUT2D eigenvalue weighted by molar-refractivity contribution is 5.94. The minimum atomic E-state index is -0.238. The molecule has 0 spiro atoms. The molecule has 4 N–H and O–H groups in total. The van der Waals surface area contributed by atoms with Gasteiger partial charge in [-0.25, -0.2) is 4.79 Å². The molecule has 1 atom stereocenters. The molecule has 0 aliphatic carbocycles. The van der Waals surface area contributed by atoms with Gasteiger partial charge in [0.25, 0.3) is 5.91 Å². The lowest BCUT2D eigenvalue weighted by Gasteiger charge is -2.31. The molecule has 2 aromatic carbocycles. The normalized spacial score (nSPS) is 16.5. The van der Waals surface area contributed by atoms with Gasteiger partial charge in [-0.2, -0.15) is 0 Å². The van der Waals surface area contributed by atoms with Gasteiger partial charge in [0, 0.05) is 37.1 Å². The molecule has 4 rings (SSSR count). The predicted molar refractivity (Wildman–Crippen MR) is 126 cm³/mol. The van der Waals surface area contributed by atoms with Crippen LogP contribution in [-0.4, -0.2) is 39.4 Å². The largest absolute Gasteiger partial charge is 0.369 e. The van der Waals surface area contributed by atoms with Crippen LogP contribution in [0.4, 0.5) is 0 Å². The van der Waals surface area contributed by atoms with E-state index in [1.54, 1.807) is 30.5 Å². The van der Waals surface area contributed by atoms with Crippen LogP contribution in [-0.2, 0) is 17.9 Å². The number of aromatic amines is 1. The molecule has 2 heterocycles. The third-order valence-electron chi connectivity index (χ3n) is 6.09. The lowest BCUT2D eigenvalue weighted by atomic mass is 9.97. The summed E-state index contributed by atoms with van der Waals surface area (Å²) < 4.78 is 1.53. The van der Waals surface area contributed by atoms with Crippen LogP contribution in [0.3, 0.4) is 0 Å². The Kier molecular flexibility index (Phi) is 6.74. The number of benzene rings is 2. The van der Waals surface area contributed by atoms with Gasteiger partial charge >= 0.3 is 5.69 Å². The maximum atomic E-state index is 12.8. The number of nitrogens with zero attached hydrogens (tertiary/aromatic N) is 2. The van der Waals surface area contributed by atoms with Gasteiger partial charge < -0.3 is 16.0 Å². The third-order valence-corrected chi connectivity index (χ3v) is 6.09. The van der Waals surface area contributed by atoms with E-state index >= 15 is 0 Å². The Balaban J connectivity index is 1.39. The fourth-order valence-corrected chi connectivity index (χ4v) is 4.37. The molecule has 8 heteroatoms. The van der Waals surface area contributed by atoms with E-state index in [1.165, 1.54) is 4.57 Å². The average Bonchev–Trinajstić information content (AvgIpc) is 3.15. The fourth-order valence-electron chi connectivity index (χ4n) is 4.37. The number of rotatable bonds is 7. The molecule has 1 unspecified atom stereocenters. The maximum Gasteiger partial charge on any atom is 0.330 e. The molecule has 3 aromatic rings. The van der Waals surface area contributed by atoms with E-state index < -0.39 is 0 Å². The van der Waals surface area contributed by atoms with Crippen molar-refractivity contribution in [1.82, 2.24) is 19.8 Å². The SMILES string of the molecule is Cc1c[nH]c(=O)n1-c1cccc(C(=O)NCc2cccc(CN3CCCC(C(N)=O)C3)c2)c1. The summed E-state index contributed by atoms with van der Waals surface area (Å²) >= 11 is 0. The lowest BCUT2D eigenvalue weighted by molar-refractivity contribution is -0.123. The smallest absolute Gasteiger partial charge is 0.330 e. The van der Waals surface area contributed by atoms with E-state index in [1.807, 2.05) is 19.1 Å². The Morgan fingerprint density at radius 1 is 1.15 bits per heavy atom. The van der Waals surface area contributed by atoms with Crippen molar-refractivity contribution in [3.63, 3.8) is 0 Å². The Labute approximate surface area is 192 Å². The number of likely N-dealkylation sites (tertiary alicyclic amines) is 1. The topological polar surface area (TPSA) is 113 Å². The summed E-state index contributed by atoms with van der Waals surface area (Å²) in [6.45, 7) is 4.61. The summed E-state index contributed by atoms with van der Waals surface area (Å²) in [6, 6.07) is 15.1. The molecule has 1 aromatic heterocycles. The van der Waals surface area contributed by atoms with Crippen LogP contribution in [0.2, 0.25) is 0 Å². The number of nitrogens with one attached hydrogen (secondary N) is 2. The number of nitrogens with two attached hydrogens (primary N) is 1. The van der Waals surface area contributed by atoms with E-state index in [9.17, 15) is 14.4 Å². The van der Waals surface area contributed by atoms with Crippen molar-refractivity contribution in [2.24, 2.45) is 11.7 Å². The lowest BCUT2D eigenvalue weighted by Crippen LogP contribution is -2.40. The number of hydrogen-bond donors (Lipinski definition) is 3. The minimum Gasteiger partial charge on any atom is -0.369 e. The number of aryl methyl sites for hydroxylation is 1. The maximum absolute atomic E-state index is 12.8. The number of hydrogen-bond acceptors (Lipinski definition) is 4. The van der Waals surface area contributed by atoms with Gasteiger partial charge in [0.15, 0.2) is 0 Å². The molecule has 1 saturated heterocycles. The first-order chi connectivity index (χ1) is 15.9. The van der Waals surface area contributed by atoms with Crippen molar-refractivity contribution >= 4 is 11.8 Å². The molecule has 2 amide bonds. The fraction of sp³-hybridized carbons (Fsp3) is 0.320. The zero-order valence-electron chi connectivity index (χ0n) is 18.7. The van der Waals surface area contributed by atoms with Gasteiger partial charge in [-0.1, -0.05) is 30.3 Å². The molecule has 0 radical (unpaired) electrons. The summed E-state index contributed by atoms with van der Waals surface area (Å²) in [5.74, 6) is -0.511. The summed E-state index contributed by atoms with van der Waals surface area (Å²) in [4.78, 5) is 41.2. The number of imidazole rings is 1. The Hall–Kier alpha value is -3.65. The molecule has 172 valence electrons. The van der Waals surface area contributed by atoms with Gasteiger partial charge in [-0.15, -0.1) is 0 Å². The van der Waals surface area contributed by atoms with Crippen molar-refractivity contribution in [3.8, 4) is 5.69 Å². The molecule has 33 heavy (non-hydrogen) atoms. The molecule has 0 bridgehead atoms. The molecule has 0 saturated carbocycles. The highest BCUT2D eigenvalue weighted by atomic mass is 16.2. The number of H-pyrrole nitrogens is 1. The van der Waals surface area contributed by atoms with Gasteiger partial charge in [-0.3, -0.25) is 19.1 Å². The predicted octanol–water partition coefficient (Wildman–Crippen LogP) is 2.10. The van der Waals surface area contributed by atoms with Crippen LogP contribution in [0.15, 0.2) is 59.5 Å². The van der Waals surface area contributed by atoms with Crippen molar-refractivity contribution in [2.45, 2.75) is 32.9 Å². The number of carbonyl (C=O) groups is 2. The van der Waals surface area contributed by atoms with Crippen molar-refractivity contribution in [2.75, 3.05) is 13.1 Å². The van der Waals surface area contributed by atoms with Gasteiger partial charge in [0.2, 0.25) is 5.91 Å². The average molecular weight is 448 g/mol. The minimum absolute atomic E-state index is 0.0807. The third kappa shape index (κ3) is 5.40. The summed E-state index contributed by atoms with van der Waals surface area (Å²) in [5, 5.41) is 2.96. The number of primary amides is 1. The zero-order valence-corrected chi connectivity index (χ0v) is 18.7. The molecule has 1 aliphatic rings. The first kappa shape index (κ1) is 22.5. The Morgan fingerprint density at radius 2 is 1.94 bits per heavy atom. The van der Waals surface area contributed by atoms with E-state index in [0.29, 0.717) is 24.3 Å². The van der Waals surface area contributed by atoms with Crippen LogP contribution in [0, 0.1) is 12.8 Å². The number of aromatic nitrogens is 2. The second-order valence-corrected chi connectivity index (χ2v) is 8.60. The van der Waals surface area contributed by atoms with Crippen LogP contribution < -0.4 is 16.7 Å². The zero-order chi connectivity index (χ0) is 23.4. The van der Waals surface area contributed by atoms with Crippen molar-refractivity contribution in [1.29, 1.82) is 0 Å². The highest BCUT2D eigenvalue weighted by Gasteiger charge is 2.23. The first-order valence-electron chi connectivity index (χ1n) is 11.2. The monoisotopic (exact) mass is 447 g/mol. The van der Waals surface area contributed by atoms with Crippen molar-refractivity contribution in [3.05, 3.63) is 87.6 Å². The van der Waals surface area contributed by atoms with Crippen LogP contribution >= 0.6 is 0 Å². The highest BCUT2D eigenvalue weighted by Crippen LogP contribution is 2.19. The van der Waals surface area contributed by atoms with Gasteiger partial charge in [0.05, 0.1) is 11.6 Å². The van der Waals surface area contributed by atoms with Gasteiger partial charge in [0.1, 0.15) is 0 Å². The Bertz CT molecular complexity index is 1210. The van der Waals surface area contributed by atoms with E-state index in [4.69, 9.17) is 5.73 Å².